The fraction of sp³-hybridized carbons (Fsp3) is 0.538. The third-order valence-corrected chi connectivity index (χ3v) is 3.22. The van der Waals surface area contributed by atoms with E-state index in [1.807, 2.05) is 0 Å². The lowest BCUT2D eigenvalue weighted by molar-refractivity contribution is 0.384. The second-order valence-electron chi connectivity index (χ2n) is 4.32. The second kappa shape index (κ2) is 4.14. The van der Waals surface area contributed by atoms with Crippen LogP contribution in [0.1, 0.15) is 43.9 Å². The van der Waals surface area contributed by atoms with Crippen LogP contribution in [0, 0.1) is 5.92 Å². The van der Waals surface area contributed by atoms with Crippen LogP contribution < -0.4 is 5.32 Å². The van der Waals surface area contributed by atoms with Crippen molar-refractivity contribution in [3.63, 3.8) is 0 Å². The van der Waals surface area contributed by atoms with E-state index in [1.54, 1.807) is 0 Å². The van der Waals surface area contributed by atoms with Crippen LogP contribution in [0.4, 0.5) is 0 Å². The van der Waals surface area contributed by atoms with Gasteiger partial charge in [-0.1, -0.05) is 44.5 Å². The SMILES string of the molecule is CCCC(C)C1NCc2ccccc21. The molecule has 0 amide bonds. The van der Waals surface area contributed by atoms with Crippen LogP contribution in [-0.4, -0.2) is 0 Å². The molecule has 0 aliphatic carbocycles. The lowest BCUT2D eigenvalue weighted by Crippen LogP contribution is -2.19. The predicted octanol–water partition coefficient (Wildman–Crippen LogP) is 3.27. The second-order valence-corrected chi connectivity index (χ2v) is 4.32. The first-order chi connectivity index (χ1) is 6.83. The molecule has 0 bridgehead atoms. The molecule has 1 aliphatic heterocycles. The number of fused-ring (bicyclic) bond motifs is 1. The Bertz CT molecular complexity index is 306. The summed E-state index contributed by atoms with van der Waals surface area (Å²) in [4.78, 5) is 0. The molecule has 0 spiro atoms. The Balaban J connectivity index is 2.17. The Morgan fingerprint density at radius 2 is 2.21 bits per heavy atom. The Morgan fingerprint density at radius 3 is 3.00 bits per heavy atom. The molecular weight excluding hydrogens is 170 g/mol. The summed E-state index contributed by atoms with van der Waals surface area (Å²) in [5.74, 6) is 0.753. The molecule has 0 saturated heterocycles. The van der Waals surface area contributed by atoms with Gasteiger partial charge in [-0.2, -0.15) is 0 Å². The molecule has 76 valence electrons. The van der Waals surface area contributed by atoms with Gasteiger partial charge in [0.1, 0.15) is 0 Å². The lowest BCUT2D eigenvalue weighted by Gasteiger charge is -2.19. The van der Waals surface area contributed by atoms with Crippen LogP contribution >= 0.6 is 0 Å². The molecule has 1 aromatic carbocycles. The molecule has 0 aromatic heterocycles. The standard InChI is InChI=1S/C13H19N/c1-3-6-10(2)13-12-8-5-4-7-11(12)9-14-13/h4-5,7-8,10,13-14H,3,6,9H2,1-2H3. The number of benzene rings is 1. The van der Waals surface area contributed by atoms with Crippen LogP contribution in [-0.2, 0) is 6.54 Å². The normalized spacial score (nSPS) is 22.0. The van der Waals surface area contributed by atoms with Gasteiger partial charge in [-0.3, -0.25) is 0 Å². The van der Waals surface area contributed by atoms with Gasteiger partial charge in [-0.15, -0.1) is 0 Å². The van der Waals surface area contributed by atoms with E-state index in [1.165, 1.54) is 24.0 Å². The zero-order chi connectivity index (χ0) is 9.97. The average molecular weight is 189 g/mol. The first-order valence-electron chi connectivity index (χ1n) is 5.64. The molecule has 1 heterocycles. The largest absolute Gasteiger partial charge is 0.306 e. The van der Waals surface area contributed by atoms with Crippen LogP contribution in [0.2, 0.25) is 0 Å². The highest BCUT2D eigenvalue weighted by Gasteiger charge is 2.25. The summed E-state index contributed by atoms with van der Waals surface area (Å²) < 4.78 is 0. The van der Waals surface area contributed by atoms with Crippen molar-refractivity contribution in [2.75, 3.05) is 0 Å². The summed E-state index contributed by atoms with van der Waals surface area (Å²) in [5.41, 5.74) is 3.01. The average Bonchev–Trinajstić information content (AvgIpc) is 2.61. The van der Waals surface area contributed by atoms with E-state index in [0.717, 1.165) is 12.5 Å². The number of nitrogens with one attached hydrogen (secondary N) is 1. The lowest BCUT2D eigenvalue weighted by atomic mass is 9.91. The molecule has 2 atom stereocenters. The van der Waals surface area contributed by atoms with Crippen LogP contribution in [0.25, 0.3) is 0 Å². The quantitative estimate of drug-likeness (QED) is 0.769. The van der Waals surface area contributed by atoms with E-state index in [0.29, 0.717) is 6.04 Å². The zero-order valence-electron chi connectivity index (χ0n) is 9.09. The van der Waals surface area contributed by atoms with Crippen molar-refractivity contribution < 1.29 is 0 Å². The monoisotopic (exact) mass is 189 g/mol. The topological polar surface area (TPSA) is 12.0 Å². The summed E-state index contributed by atoms with van der Waals surface area (Å²) in [6.07, 6.45) is 2.59. The maximum absolute atomic E-state index is 3.61. The number of hydrogen-bond acceptors (Lipinski definition) is 1. The molecule has 1 nitrogen and oxygen atoms in total. The van der Waals surface area contributed by atoms with Gasteiger partial charge in [0.2, 0.25) is 0 Å². The summed E-state index contributed by atoms with van der Waals surface area (Å²) in [7, 11) is 0. The van der Waals surface area contributed by atoms with Crippen molar-refractivity contribution in [3.8, 4) is 0 Å². The molecule has 14 heavy (non-hydrogen) atoms. The van der Waals surface area contributed by atoms with Crippen molar-refractivity contribution in [3.05, 3.63) is 35.4 Å². The van der Waals surface area contributed by atoms with Crippen LogP contribution in [0.5, 0.6) is 0 Å². The molecule has 1 aromatic rings. The van der Waals surface area contributed by atoms with E-state index in [4.69, 9.17) is 0 Å². The van der Waals surface area contributed by atoms with E-state index < -0.39 is 0 Å². The third-order valence-electron chi connectivity index (χ3n) is 3.22. The zero-order valence-corrected chi connectivity index (χ0v) is 9.09. The summed E-state index contributed by atoms with van der Waals surface area (Å²) in [6, 6.07) is 9.38. The Morgan fingerprint density at radius 1 is 1.43 bits per heavy atom. The van der Waals surface area contributed by atoms with Gasteiger partial charge < -0.3 is 5.32 Å². The summed E-state index contributed by atoms with van der Waals surface area (Å²) >= 11 is 0. The van der Waals surface area contributed by atoms with Gasteiger partial charge in [-0.25, -0.2) is 0 Å². The van der Waals surface area contributed by atoms with Gasteiger partial charge in [-0.05, 0) is 23.5 Å². The first kappa shape index (κ1) is 9.72. The Labute approximate surface area is 86.5 Å². The highest BCUT2D eigenvalue weighted by Crippen LogP contribution is 2.32. The Hall–Kier alpha value is -0.820. The molecule has 1 heteroatoms. The fourth-order valence-electron chi connectivity index (χ4n) is 2.46. The van der Waals surface area contributed by atoms with Crippen molar-refractivity contribution in [1.29, 1.82) is 0 Å². The van der Waals surface area contributed by atoms with Crippen molar-refractivity contribution in [2.45, 2.75) is 39.3 Å². The summed E-state index contributed by atoms with van der Waals surface area (Å²) in [6.45, 7) is 5.66. The molecule has 0 saturated carbocycles. The van der Waals surface area contributed by atoms with Crippen molar-refractivity contribution in [1.82, 2.24) is 5.32 Å². The molecule has 1 aliphatic rings. The van der Waals surface area contributed by atoms with E-state index >= 15 is 0 Å². The number of rotatable bonds is 3. The smallest absolute Gasteiger partial charge is 0.0352 e. The van der Waals surface area contributed by atoms with E-state index in [9.17, 15) is 0 Å². The Kier molecular flexibility index (Phi) is 2.87. The van der Waals surface area contributed by atoms with Gasteiger partial charge in [0, 0.05) is 12.6 Å². The molecule has 2 rings (SSSR count). The summed E-state index contributed by atoms with van der Waals surface area (Å²) in [5, 5.41) is 3.61. The number of hydrogen-bond donors (Lipinski definition) is 1. The highest BCUT2D eigenvalue weighted by atomic mass is 14.9. The van der Waals surface area contributed by atoms with Gasteiger partial charge in [0.05, 0.1) is 0 Å². The van der Waals surface area contributed by atoms with Crippen LogP contribution in [0.3, 0.4) is 0 Å². The minimum atomic E-state index is 0.589. The molecule has 0 fully saturated rings. The predicted molar refractivity (Wildman–Crippen MR) is 60.1 cm³/mol. The maximum atomic E-state index is 3.61. The molecular formula is C13H19N. The molecule has 1 N–H and O–H groups in total. The van der Waals surface area contributed by atoms with Gasteiger partial charge >= 0.3 is 0 Å². The molecule has 0 radical (unpaired) electrons. The minimum Gasteiger partial charge on any atom is -0.306 e. The third kappa shape index (κ3) is 1.69. The van der Waals surface area contributed by atoms with Crippen molar-refractivity contribution >= 4 is 0 Å². The first-order valence-corrected chi connectivity index (χ1v) is 5.64. The van der Waals surface area contributed by atoms with E-state index in [-0.39, 0.29) is 0 Å². The van der Waals surface area contributed by atoms with Crippen LogP contribution in [0.15, 0.2) is 24.3 Å². The molecule has 2 unspecified atom stereocenters. The fourth-order valence-corrected chi connectivity index (χ4v) is 2.46. The van der Waals surface area contributed by atoms with Gasteiger partial charge in [0.15, 0.2) is 0 Å². The maximum Gasteiger partial charge on any atom is 0.0352 e. The van der Waals surface area contributed by atoms with Crippen molar-refractivity contribution in [2.24, 2.45) is 5.92 Å². The minimum absolute atomic E-state index is 0.589. The highest BCUT2D eigenvalue weighted by molar-refractivity contribution is 5.34. The van der Waals surface area contributed by atoms with E-state index in [2.05, 4.69) is 43.4 Å². The van der Waals surface area contributed by atoms with Gasteiger partial charge in [0.25, 0.3) is 0 Å².